The number of benzene rings is 1. The molecule has 3 aromatic rings. The summed E-state index contributed by atoms with van der Waals surface area (Å²) < 4.78 is 6.78. The van der Waals surface area contributed by atoms with Gasteiger partial charge >= 0.3 is 5.97 Å². The predicted octanol–water partition coefficient (Wildman–Crippen LogP) is 1.19. The van der Waals surface area contributed by atoms with Crippen LogP contribution in [0.3, 0.4) is 0 Å². The molecule has 0 fully saturated rings. The van der Waals surface area contributed by atoms with Crippen molar-refractivity contribution >= 4 is 28.8 Å². The predicted molar refractivity (Wildman–Crippen MR) is 69.0 cm³/mol. The fourth-order valence-corrected chi connectivity index (χ4v) is 2.36. The molecule has 0 aliphatic heterocycles. The first-order valence-corrected chi connectivity index (χ1v) is 6.66. The highest BCUT2D eigenvalue weighted by atomic mass is 32.2. The van der Waals surface area contributed by atoms with Crippen LogP contribution < -0.4 is 0 Å². The van der Waals surface area contributed by atoms with Crippen LogP contribution in [0.4, 0.5) is 0 Å². The zero-order valence-electron chi connectivity index (χ0n) is 10.1. The van der Waals surface area contributed by atoms with Gasteiger partial charge < -0.3 is 9.52 Å². The number of nitrogens with zero attached hydrogens (tertiary/aromatic N) is 5. The average Bonchev–Trinajstić information content (AvgIpc) is 3.01. The number of para-hydroxylation sites is 2. The van der Waals surface area contributed by atoms with E-state index in [2.05, 4.69) is 20.5 Å². The van der Waals surface area contributed by atoms with Gasteiger partial charge in [0.15, 0.2) is 5.58 Å². The molecule has 1 N–H and O–H groups in total. The second-order valence-corrected chi connectivity index (χ2v) is 4.82. The highest BCUT2D eigenvalue weighted by Crippen LogP contribution is 2.22. The van der Waals surface area contributed by atoms with Gasteiger partial charge in [-0.05, 0) is 22.6 Å². The van der Waals surface area contributed by atoms with Crippen molar-refractivity contribution in [1.82, 2.24) is 25.2 Å². The van der Waals surface area contributed by atoms with Gasteiger partial charge in [0.1, 0.15) is 12.1 Å². The van der Waals surface area contributed by atoms with Gasteiger partial charge in [-0.1, -0.05) is 23.9 Å². The van der Waals surface area contributed by atoms with E-state index in [0.717, 1.165) is 5.52 Å². The lowest BCUT2D eigenvalue weighted by atomic mass is 10.3. The smallest absolute Gasteiger partial charge is 0.325 e. The number of aromatic nitrogens is 5. The lowest BCUT2D eigenvalue weighted by Crippen LogP contribution is -2.11. The van der Waals surface area contributed by atoms with E-state index in [4.69, 9.17) is 9.52 Å². The summed E-state index contributed by atoms with van der Waals surface area (Å²) in [6, 6.07) is 7.46. The van der Waals surface area contributed by atoms with Crippen molar-refractivity contribution < 1.29 is 14.3 Å². The van der Waals surface area contributed by atoms with Crippen LogP contribution in [0.2, 0.25) is 0 Å². The Morgan fingerprint density at radius 2 is 2.25 bits per heavy atom. The van der Waals surface area contributed by atoms with Crippen LogP contribution in [0.25, 0.3) is 11.1 Å². The molecule has 0 saturated heterocycles. The van der Waals surface area contributed by atoms with Crippen LogP contribution in [-0.4, -0.2) is 36.3 Å². The van der Waals surface area contributed by atoms with Gasteiger partial charge in [0.05, 0.1) is 5.75 Å². The van der Waals surface area contributed by atoms with Crippen LogP contribution >= 0.6 is 11.8 Å². The molecule has 0 bridgehead atoms. The Bertz CT molecular complexity index is 720. The van der Waals surface area contributed by atoms with Gasteiger partial charge in [-0.15, -0.1) is 5.10 Å². The third-order valence-corrected chi connectivity index (χ3v) is 3.39. The first-order chi connectivity index (χ1) is 9.72. The molecule has 0 amide bonds. The van der Waals surface area contributed by atoms with E-state index in [1.165, 1.54) is 16.4 Å². The summed E-state index contributed by atoms with van der Waals surface area (Å²) in [5.74, 6) is -0.0311. The quantitative estimate of drug-likeness (QED) is 0.698. The number of carboxylic acid groups (broad SMARTS) is 1. The van der Waals surface area contributed by atoms with Crippen molar-refractivity contribution in [3.8, 4) is 0 Å². The molecule has 0 aliphatic carbocycles. The number of oxazole rings is 1. The van der Waals surface area contributed by atoms with E-state index >= 15 is 0 Å². The molecule has 2 aromatic heterocycles. The molecule has 0 aliphatic rings. The Balaban J connectivity index is 1.73. The lowest BCUT2D eigenvalue weighted by molar-refractivity contribution is -0.138. The van der Waals surface area contributed by atoms with E-state index in [0.29, 0.717) is 22.4 Å². The maximum Gasteiger partial charge on any atom is 0.325 e. The van der Waals surface area contributed by atoms with Crippen LogP contribution in [-0.2, 0) is 17.1 Å². The number of thioether (sulfide) groups is 1. The molecule has 0 radical (unpaired) electrons. The number of tetrazole rings is 1. The second-order valence-electron chi connectivity index (χ2n) is 3.88. The van der Waals surface area contributed by atoms with Crippen molar-refractivity contribution in [3.05, 3.63) is 30.2 Å². The lowest BCUT2D eigenvalue weighted by Gasteiger charge is -1.98. The molecule has 20 heavy (non-hydrogen) atoms. The minimum Gasteiger partial charge on any atom is -0.480 e. The monoisotopic (exact) mass is 291 g/mol. The zero-order chi connectivity index (χ0) is 13.9. The minimum absolute atomic E-state index is 0.275. The minimum atomic E-state index is -0.999. The van der Waals surface area contributed by atoms with E-state index in [-0.39, 0.29) is 6.54 Å². The van der Waals surface area contributed by atoms with Crippen LogP contribution in [0.1, 0.15) is 5.89 Å². The Morgan fingerprint density at radius 1 is 1.40 bits per heavy atom. The third kappa shape index (κ3) is 2.62. The standard InChI is InChI=1S/C11H9N5O3S/c17-10(18)5-16-11(13-14-15-16)20-6-9-12-7-3-1-2-4-8(7)19-9/h1-4H,5-6H2,(H,17,18). The van der Waals surface area contributed by atoms with Crippen LogP contribution in [0.15, 0.2) is 33.8 Å². The van der Waals surface area contributed by atoms with Crippen LogP contribution in [0, 0.1) is 0 Å². The van der Waals surface area contributed by atoms with Crippen molar-refractivity contribution in [2.45, 2.75) is 17.5 Å². The Kier molecular flexibility index (Phi) is 3.33. The number of rotatable bonds is 5. The summed E-state index contributed by atoms with van der Waals surface area (Å²) in [4.78, 5) is 15.0. The first-order valence-electron chi connectivity index (χ1n) is 5.67. The summed E-state index contributed by atoms with van der Waals surface area (Å²) in [5.41, 5.74) is 1.50. The molecule has 3 rings (SSSR count). The molecule has 8 nitrogen and oxygen atoms in total. The number of aliphatic carboxylic acids is 1. The van der Waals surface area contributed by atoms with E-state index in [1.807, 2.05) is 24.3 Å². The maximum absolute atomic E-state index is 10.7. The Labute approximate surface area is 116 Å². The van der Waals surface area contributed by atoms with Crippen molar-refractivity contribution in [1.29, 1.82) is 0 Å². The SMILES string of the molecule is O=C(O)Cn1nnnc1SCc1nc2ccccc2o1. The van der Waals surface area contributed by atoms with Crippen molar-refractivity contribution in [3.63, 3.8) is 0 Å². The largest absolute Gasteiger partial charge is 0.480 e. The molecular weight excluding hydrogens is 282 g/mol. The normalized spacial score (nSPS) is 11.0. The summed E-state index contributed by atoms with van der Waals surface area (Å²) in [7, 11) is 0. The van der Waals surface area contributed by atoms with Crippen molar-refractivity contribution in [2.75, 3.05) is 0 Å². The molecule has 0 saturated carbocycles. The topological polar surface area (TPSA) is 107 Å². The first kappa shape index (κ1) is 12.6. The molecule has 9 heteroatoms. The van der Waals surface area contributed by atoms with E-state index < -0.39 is 5.97 Å². The summed E-state index contributed by atoms with van der Waals surface area (Å²) >= 11 is 1.27. The number of hydrogen-bond acceptors (Lipinski definition) is 7. The Hall–Kier alpha value is -2.42. The number of carboxylic acids is 1. The van der Waals surface area contributed by atoms with Crippen LogP contribution in [0.5, 0.6) is 0 Å². The average molecular weight is 291 g/mol. The van der Waals surface area contributed by atoms with Gasteiger partial charge in [0.2, 0.25) is 11.0 Å². The molecular formula is C11H9N5O3S. The van der Waals surface area contributed by atoms with Crippen molar-refractivity contribution in [2.24, 2.45) is 0 Å². The highest BCUT2D eigenvalue weighted by Gasteiger charge is 2.12. The molecule has 0 unspecified atom stereocenters. The summed E-state index contributed by atoms with van der Waals surface area (Å²) in [6.07, 6.45) is 0. The molecule has 0 atom stereocenters. The van der Waals surface area contributed by atoms with Gasteiger partial charge in [0.25, 0.3) is 0 Å². The zero-order valence-corrected chi connectivity index (χ0v) is 10.9. The van der Waals surface area contributed by atoms with E-state index in [1.54, 1.807) is 0 Å². The summed E-state index contributed by atoms with van der Waals surface area (Å²) in [6.45, 7) is -0.275. The second kappa shape index (κ2) is 5.29. The highest BCUT2D eigenvalue weighted by molar-refractivity contribution is 7.98. The fourth-order valence-electron chi connectivity index (χ4n) is 1.64. The molecule has 0 spiro atoms. The van der Waals surface area contributed by atoms with E-state index in [9.17, 15) is 4.79 Å². The number of hydrogen-bond donors (Lipinski definition) is 1. The van der Waals surface area contributed by atoms with Gasteiger partial charge in [0, 0.05) is 0 Å². The molecule has 2 heterocycles. The Morgan fingerprint density at radius 3 is 3.05 bits per heavy atom. The molecule has 1 aromatic carbocycles. The fraction of sp³-hybridized carbons (Fsp3) is 0.182. The summed E-state index contributed by atoms with van der Waals surface area (Å²) in [5, 5.41) is 20.0. The third-order valence-electron chi connectivity index (χ3n) is 2.45. The number of carbonyl (C=O) groups is 1. The molecule has 102 valence electrons. The number of fused-ring (bicyclic) bond motifs is 1. The van der Waals surface area contributed by atoms with Gasteiger partial charge in [-0.2, -0.15) is 0 Å². The maximum atomic E-state index is 10.7. The van der Waals surface area contributed by atoms with Gasteiger partial charge in [-0.3, -0.25) is 4.79 Å². The van der Waals surface area contributed by atoms with Gasteiger partial charge in [-0.25, -0.2) is 9.67 Å².